The molecule has 1 saturated heterocycles. The predicted molar refractivity (Wildman–Crippen MR) is 79.0 cm³/mol. The summed E-state index contributed by atoms with van der Waals surface area (Å²) in [5, 5.41) is 22.9. The summed E-state index contributed by atoms with van der Waals surface area (Å²) in [4.78, 5) is 11.4. The van der Waals surface area contributed by atoms with Crippen molar-refractivity contribution < 1.29 is 19.7 Å². The minimum Gasteiger partial charge on any atom is -0.465 e. The van der Waals surface area contributed by atoms with Gasteiger partial charge in [-0.15, -0.1) is 0 Å². The molecule has 1 aromatic rings. The number of carbonyl (C=O) groups excluding carboxylic acids is 1. The van der Waals surface area contributed by atoms with Crippen LogP contribution in [0.5, 0.6) is 0 Å². The van der Waals surface area contributed by atoms with Crippen LogP contribution in [-0.4, -0.2) is 42.0 Å². The van der Waals surface area contributed by atoms with E-state index in [1.165, 1.54) is 7.11 Å². The van der Waals surface area contributed by atoms with Crippen molar-refractivity contribution in [1.29, 1.82) is 0 Å². The number of esters is 1. The Bertz CT molecular complexity index is 474. The van der Waals surface area contributed by atoms with Crippen LogP contribution < -0.4 is 5.32 Å². The third-order valence-corrected chi connectivity index (χ3v) is 4.10. The second-order valence-electron chi connectivity index (χ2n) is 5.63. The van der Waals surface area contributed by atoms with Gasteiger partial charge < -0.3 is 20.3 Å². The number of nitrogens with one attached hydrogen (secondary N) is 1. The minimum atomic E-state index is -0.723. The lowest BCUT2D eigenvalue weighted by molar-refractivity contribution is -0.0166. The fourth-order valence-electron chi connectivity index (χ4n) is 2.87. The van der Waals surface area contributed by atoms with E-state index in [2.05, 4.69) is 10.1 Å². The van der Waals surface area contributed by atoms with Crippen LogP contribution in [0.15, 0.2) is 24.3 Å². The van der Waals surface area contributed by atoms with Gasteiger partial charge in [-0.05, 0) is 49.9 Å². The zero-order chi connectivity index (χ0) is 15.3. The fourth-order valence-corrected chi connectivity index (χ4v) is 2.87. The zero-order valence-corrected chi connectivity index (χ0v) is 12.3. The Kier molecular flexibility index (Phi) is 5.33. The molecule has 2 atom stereocenters. The van der Waals surface area contributed by atoms with Crippen LogP contribution in [0.25, 0.3) is 0 Å². The van der Waals surface area contributed by atoms with Crippen molar-refractivity contribution in [3.05, 3.63) is 35.4 Å². The van der Waals surface area contributed by atoms with E-state index >= 15 is 0 Å². The number of aliphatic hydroxyl groups is 2. The first-order valence-electron chi connectivity index (χ1n) is 7.33. The number of piperidine rings is 1. The summed E-state index contributed by atoms with van der Waals surface area (Å²) in [6.07, 6.45) is 2.54. The number of hydrogen-bond acceptors (Lipinski definition) is 5. The van der Waals surface area contributed by atoms with Crippen molar-refractivity contribution in [1.82, 2.24) is 5.32 Å². The maximum atomic E-state index is 11.4. The van der Waals surface area contributed by atoms with E-state index in [1.807, 2.05) is 12.1 Å². The normalized spacial score (nSPS) is 25.6. The lowest BCUT2D eigenvalue weighted by Crippen LogP contribution is -2.43. The topological polar surface area (TPSA) is 78.8 Å². The monoisotopic (exact) mass is 293 g/mol. The van der Waals surface area contributed by atoms with Crippen LogP contribution in [0.3, 0.4) is 0 Å². The van der Waals surface area contributed by atoms with Crippen molar-refractivity contribution in [2.24, 2.45) is 0 Å². The molecule has 1 heterocycles. The van der Waals surface area contributed by atoms with Gasteiger partial charge in [0.25, 0.3) is 0 Å². The Labute approximate surface area is 124 Å². The predicted octanol–water partition coefficient (Wildman–Crippen LogP) is 1.40. The molecule has 0 aromatic heterocycles. The average molecular weight is 293 g/mol. The van der Waals surface area contributed by atoms with Crippen LogP contribution in [0.4, 0.5) is 0 Å². The Morgan fingerprint density at radius 1 is 1.43 bits per heavy atom. The van der Waals surface area contributed by atoms with Crippen LogP contribution in [0.1, 0.15) is 47.6 Å². The maximum absolute atomic E-state index is 11.4. The first-order chi connectivity index (χ1) is 10.1. The van der Waals surface area contributed by atoms with Gasteiger partial charge in [0.2, 0.25) is 0 Å². The zero-order valence-electron chi connectivity index (χ0n) is 12.3. The van der Waals surface area contributed by atoms with E-state index in [-0.39, 0.29) is 18.6 Å². The van der Waals surface area contributed by atoms with Gasteiger partial charge in [-0.3, -0.25) is 0 Å². The summed E-state index contributed by atoms with van der Waals surface area (Å²) in [7, 11) is 1.36. The number of ether oxygens (including phenoxy) is 1. The number of benzene rings is 1. The molecule has 1 aromatic carbocycles. The van der Waals surface area contributed by atoms with Gasteiger partial charge in [-0.1, -0.05) is 12.1 Å². The molecule has 0 amide bonds. The molecule has 0 spiro atoms. The summed E-state index contributed by atoms with van der Waals surface area (Å²) >= 11 is 0. The minimum absolute atomic E-state index is 0.0640. The Balaban J connectivity index is 2.05. The summed E-state index contributed by atoms with van der Waals surface area (Å²) in [5.41, 5.74) is 0.844. The first-order valence-corrected chi connectivity index (χ1v) is 7.33. The number of aliphatic hydroxyl groups excluding tert-OH is 1. The van der Waals surface area contributed by atoms with Crippen LogP contribution >= 0.6 is 0 Å². The quantitative estimate of drug-likeness (QED) is 0.715. The molecule has 1 aliphatic rings. The SMILES string of the molecule is COC(=O)c1ccc([C@@H]2CC(O)(CCCO)CCN2)cc1. The first kappa shape index (κ1) is 15.9. The van der Waals surface area contributed by atoms with E-state index in [4.69, 9.17) is 5.11 Å². The molecule has 116 valence electrons. The lowest BCUT2D eigenvalue weighted by atomic mass is 9.82. The molecular formula is C16H23NO4. The van der Waals surface area contributed by atoms with Gasteiger partial charge >= 0.3 is 5.97 Å². The Hall–Kier alpha value is -1.43. The highest BCUT2D eigenvalue weighted by Crippen LogP contribution is 2.33. The van der Waals surface area contributed by atoms with Crippen LogP contribution in [0.2, 0.25) is 0 Å². The smallest absolute Gasteiger partial charge is 0.337 e. The molecule has 0 aliphatic carbocycles. The van der Waals surface area contributed by atoms with Crippen molar-refractivity contribution >= 4 is 5.97 Å². The van der Waals surface area contributed by atoms with E-state index in [0.29, 0.717) is 31.2 Å². The third-order valence-electron chi connectivity index (χ3n) is 4.10. The van der Waals surface area contributed by atoms with E-state index in [0.717, 1.165) is 12.1 Å². The summed E-state index contributed by atoms with van der Waals surface area (Å²) < 4.78 is 4.68. The van der Waals surface area contributed by atoms with Gasteiger partial charge in [0.15, 0.2) is 0 Å². The molecule has 5 heteroatoms. The van der Waals surface area contributed by atoms with E-state index < -0.39 is 5.60 Å². The number of hydrogen-bond donors (Lipinski definition) is 3. The molecule has 21 heavy (non-hydrogen) atoms. The second kappa shape index (κ2) is 7.02. The molecule has 0 radical (unpaired) electrons. The Morgan fingerprint density at radius 2 is 2.14 bits per heavy atom. The van der Waals surface area contributed by atoms with Crippen LogP contribution in [-0.2, 0) is 4.74 Å². The molecule has 1 aliphatic heterocycles. The molecule has 0 saturated carbocycles. The average Bonchev–Trinajstić information content (AvgIpc) is 2.52. The van der Waals surface area contributed by atoms with Crippen molar-refractivity contribution in [2.45, 2.75) is 37.3 Å². The van der Waals surface area contributed by atoms with Crippen LogP contribution in [0, 0.1) is 0 Å². The summed E-state index contributed by atoms with van der Waals surface area (Å²) in [5.74, 6) is -0.349. The van der Waals surface area contributed by atoms with E-state index in [9.17, 15) is 9.90 Å². The Morgan fingerprint density at radius 3 is 2.76 bits per heavy atom. The summed E-state index contributed by atoms with van der Waals surface area (Å²) in [6.45, 7) is 0.847. The van der Waals surface area contributed by atoms with Crippen molar-refractivity contribution in [3.8, 4) is 0 Å². The molecule has 2 rings (SSSR count). The standard InChI is InChI=1S/C16H23NO4/c1-21-15(19)13-5-3-12(4-6-13)14-11-16(20,7-2-10-18)8-9-17-14/h3-6,14,17-18,20H,2,7-11H2,1H3/t14-,16?/m0/s1. The number of methoxy groups -OCH3 is 1. The van der Waals surface area contributed by atoms with Crippen molar-refractivity contribution in [2.75, 3.05) is 20.3 Å². The van der Waals surface area contributed by atoms with E-state index in [1.54, 1.807) is 12.1 Å². The van der Waals surface area contributed by atoms with Gasteiger partial charge in [0.05, 0.1) is 18.3 Å². The molecule has 3 N–H and O–H groups in total. The molecule has 1 fully saturated rings. The lowest BCUT2D eigenvalue weighted by Gasteiger charge is -2.38. The van der Waals surface area contributed by atoms with Crippen molar-refractivity contribution in [3.63, 3.8) is 0 Å². The van der Waals surface area contributed by atoms with Gasteiger partial charge in [-0.25, -0.2) is 4.79 Å². The van der Waals surface area contributed by atoms with Gasteiger partial charge in [0.1, 0.15) is 0 Å². The van der Waals surface area contributed by atoms with Gasteiger partial charge in [0, 0.05) is 12.6 Å². The summed E-state index contributed by atoms with van der Waals surface area (Å²) in [6, 6.07) is 7.33. The second-order valence-corrected chi connectivity index (χ2v) is 5.63. The maximum Gasteiger partial charge on any atom is 0.337 e. The molecule has 1 unspecified atom stereocenters. The third kappa shape index (κ3) is 4.03. The highest BCUT2D eigenvalue weighted by atomic mass is 16.5. The molecule has 0 bridgehead atoms. The fraction of sp³-hybridized carbons (Fsp3) is 0.562. The highest BCUT2D eigenvalue weighted by molar-refractivity contribution is 5.89. The van der Waals surface area contributed by atoms with Gasteiger partial charge in [-0.2, -0.15) is 0 Å². The molecular weight excluding hydrogens is 270 g/mol. The largest absolute Gasteiger partial charge is 0.465 e. The molecule has 5 nitrogen and oxygen atoms in total. The number of rotatable bonds is 5. The highest BCUT2D eigenvalue weighted by Gasteiger charge is 2.34. The number of carbonyl (C=O) groups is 1.